The van der Waals surface area contributed by atoms with Gasteiger partial charge in [-0.3, -0.25) is 4.98 Å². The van der Waals surface area contributed by atoms with E-state index in [1.807, 2.05) is 12.4 Å². The topological polar surface area (TPSA) is 43.8 Å². The molecule has 0 amide bonds. The van der Waals surface area contributed by atoms with Crippen molar-refractivity contribution in [1.82, 2.24) is 9.55 Å². The summed E-state index contributed by atoms with van der Waals surface area (Å²) in [4.78, 5) is 4.20. The lowest BCUT2D eigenvalue weighted by atomic mass is 10.1. The summed E-state index contributed by atoms with van der Waals surface area (Å²) < 4.78 is 2.21. The Bertz CT molecular complexity index is 682. The maximum absolute atomic E-state index is 5.60. The van der Waals surface area contributed by atoms with Crippen LogP contribution in [0.15, 0.2) is 36.7 Å². The van der Waals surface area contributed by atoms with Crippen LogP contribution < -0.4 is 5.73 Å². The summed E-state index contributed by atoms with van der Waals surface area (Å²) in [6, 6.07) is 8.60. The molecule has 0 aliphatic heterocycles. The molecule has 3 rings (SSSR count). The van der Waals surface area contributed by atoms with Gasteiger partial charge in [0.25, 0.3) is 0 Å². The molecular weight excluding hydrogens is 210 g/mol. The molecular formula is C14H15N3. The molecule has 0 aliphatic rings. The van der Waals surface area contributed by atoms with Crippen LogP contribution in [0.5, 0.6) is 0 Å². The van der Waals surface area contributed by atoms with E-state index in [2.05, 4.69) is 40.9 Å². The summed E-state index contributed by atoms with van der Waals surface area (Å²) in [5.74, 6) is 0. The zero-order valence-electron chi connectivity index (χ0n) is 9.85. The molecule has 86 valence electrons. The van der Waals surface area contributed by atoms with Crippen LogP contribution in [0.4, 0.5) is 0 Å². The van der Waals surface area contributed by atoms with Gasteiger partial charge in [0.15, 0.2) is 0 Å². The van der Waals surface area contributed by atoms with Gasteiger partial charge in [0.2, 0.25) is 0 Å². The number of benzene rings is 1. The fourth-order valence-electron chi connectivity index (χ4n) is 2.42. The third kappa shape index (κ3) is 1.51. The number of rotatable bonds is 2. The van der Waals surface area contributed by atoms with Crippen molar-refractivity contribution < 1.29 is 0 Å². The largest absolute Gasteiger partial charge is 0.344 e. The second-order valence-corrected chi connectivity index (χ2v) is 4.34. The van der Waals surface area contributed by atoms with Gasteiger partial charge in [0.05, 0.1) is 5.52 Å². The molecule has 3 aromatic rings. The van der Waals surface area contributed by atoms with Gasteiger partial charge >= 0.3 is 0 Å². The van der Waals surface area contributed by atoms with E-state index < -0.39 is 0 Å². The van der Waals surface area contributed by atoms with Crippen LogP contribution in [-0.2, 0) is 13.5 Å². The molecule has 0 spiro atoms. The maximum atomic E-state index is 5.60. The van der Waals surface area contributed by atoms with Crippen molar-refractivity contribution in [3.8, 4) is 0 Å². The van der Waals surface area contributed by atoms with E-state index in [9.17, 15) is 0 Å². The van der Waals surface area contributed by atoms with Crippen molar-refractivity contribution in [1.29, 1.82) is 0 Å². The molecule has 2 N–H and O–H groups in total. The summed E-state index contributed by atoms with van der Waals surface area (Å²) >= 11 is 0. The van der Waals surface area contributed by atoms with Gasteiger partial charge < -0.3 is 10.3 Å². The highest BCUT2D eigenvalue weighted by Crippen LogP contribution is 2.27. The lowest BCUT2D eigenvalue weighted by molar-refractivity contribution is 0.964. The van der Waals surface area contributed by atoms with E-state index in [4.69, 9.17) is 5.73 Å². The Kier molecular flexibility index (Phi) is 2.34. The van der Waals surface area contributed by atoms with Crippen LogP contribution in [0.3, 0.4) is 0 Å². The first-order valence-corrected chi connectivity index (χ1v) is 5.82. The monoisotopic (exact) mass is 225 g/mol. The first kappa shape index (κ1) is 10.3. The predicted octanol–water partition coefficient (Wildman–Crippen LogP) is 2.23. The molecule has 0 unspecified atom stereocenters. The Morgan fingerprint density at radius 2 is 2.06 bits per heavy atom. The number of aromatic nitrogens is 2. The molecule has 0 saturated heterocycles. The average molecular weight is 225 g/mol. The lowest BCUT2D eigenvalue weighted by Crippen LogP contribution is -2.02. The Morgan fingerprint density at radius 1 is 1.18 bits per heavy atom. The minimum atomic E-state index is 0.691. The first-order valence-electron chi connectivity index (χ1n) is 5.82. The second kappa shape index (κ2) is 3.86. The molecule has 3 heteroatoms. The normalized spacial score (nSPS) is 11.4. The van der Waals surface area contributed by atoms with Crippen LogP contribution in [0.1, 0.15) is 5.56 Å². The molecule has 0 fully saturated rings. The summed E-state index contributed by atoms with van der Waals surface area (Å²) in [7, 11) is 2.09. The maximum Gasteiger partial charge on any atom is 0.0519 e. The van der Waals surface area contributed by atoms with Gasteiger partial charge in [-0.1, -0.05) is 12.1 Å². The van der Waals surface area contributed by atoms with Crippen molar-refractivity contribution in [2.45, 2.75) is 6.42 Å². The van der Waals surface area contributed by atoms with Gasteiger partial charge in [-0.2, -0.15) is 0 Å². The quantitative estimate of drug-likeness (QED) is 0.726. The number of hydrogen-bond donors (Lipinski definition) is 1. The Labute approximate surface area is 99.9 Å². The molecule has 0 radical (unpaired) electrons. The molecule has 3 nitrogen and oxygen atoms in total. The molecule has 0 saturated carbocycles. The van der Waals surface area contributed by atoms with Crippen molar-refractivity contribution in [3.63, 3.8) is 0 Å². The number of fused-ring (bicyclic) bond motifs is 3. The number of hydrogen-bond acceptors (Lipinski definition) is 2. The fourth-order valence-corrected chi connectivity index (χ4v) is 2.42. The number of nitrogens with two attached hydrogens (primary N) is 1. The van der Waals surface area contributed by atoms with E-state index in [-0.39, 0.29) is 0 Å². The van der Waals surface area contributed by atoms with E-state index in [1.54, 1.807) is 0 Å². The Hall–Kier alpha value is -1.87. The van der Waals surface area contributed by atoms with E-state index in [0.717, 1.165) is 6.42 Å². The molecule has 2 aromatic heterocycles. The van der Waals surface area contributed by atoms with Gasteiger partial charge in [0, 0.05) is 35.7 Å². The van der Waals surface area contributed by atoms with E-state index in [0.29, 0.717) is 6.54 Å². The van der Waals surface area contributed by atoms with Crippen molar-refractivity contribution in [2.75, 3.05) is 6.54 Å². The SMILES string of the molecule is Cn1c2ccncc2c2ccc(CCN)cc21. The zero-order chi connectivity index (χ0) is 11.8. The molecule has 0 bridgehead atoms. The van der Waals surface area contributed by atoms with E-state index >= 15 is 0 Å². The Morgan fingerprint density at radius 3 is 2.88 bits per heavy atom. The smallest absolute Gasteiger partial charge is 0.0519 e. The van der Waals surface area contributed by atoms with Crippen molar-refractivity contribution >= 4 is 21.8 Å². The third-order valence-electron chi connectivity index (χ3n) is 3.31. The molecule has 2 heterocycles. The van der Waals surface area contributed by atoms with Crippen molar-refractivity contribution in [2.24, 2.45) is 12.8 Å². The van der Waals surface area contributed by atoms with Crippen molar-refractivity contribution in [3.05, 3.63) is 42.2 Å². The van der Waals surface area contributed by atoms with Gasteiger partial charge in [-0.15, -0.1) is 0 Å². The van der Waals surface area contributed by atoms with Gasteiger partial charge in [0.1, 0.15) is 0 Å². The molecule has 0 atom stereocenters. The average Bonchev–Trinajstić information content (AvgIpc) is 2.65. The lowest BCUT2D eigenvalue weighted by Gasteiger charge is -2.01. The van der Waals surface area contributed by atoms with E-state index in [1.165, 1.54) is 27.4 Å². The van der Waals surface area contributed by atoms with Crippen LogP contribution in [-0.4, -0.2) is 16.1 Å². The summed E-state index contributed by atoms with van der Waals surface area (Å²) in [5.41, 5.74) is 9.36. The summed E-state index contributed by atoms with van der Waals surface area (Å²) in [5, 5.41) is 2.47. The van der Waals surface area contributed by atoms with Crippen LogP contribution in [0, 0.1) is 0 Å². The fraction of sp³-hybridized carbons (Fsp3) is 0.214. The van der Waals surface area contributed by atoms with Crippen LogP contribution in [0.2, 0.25) is 0 Å². The van der Waals surface area contributed by atoms with Crippen LogP contribution in [0.25, 0.3) is 21.8 Å². The second-order valence-electron chi connectivity index (χ2n) is 4.34. The summed E-state index contributed by atoms with van der Waals surface area (Å²) in [6.45, 7) is 0.691. The minimum Gasteiger partial charge on any atom is -0.344 e. The Balaban J connectivity index is 2.36. The number of pyridine rings is 1. The molecule has 1 aromatic carbocycles. The highest BCUT2D eigenvalue weighted by atomic mass is 14.9. The third-order valence-corrected chi connectivity index (χ3v) is 3.31. The van der Waals surface area contributed by atoms with Gasteiger partial charge in [-0.05, 0) is 30.7 Å². The summed E-state index contributed by atoms with van der Waals surface area (Å²) in [6.07, 6.45) is 4.69. The predicted molar refractivity (Wildman–Crippen MR) is 71.0 cm³/mol. The number of aryl methyl sites for hydroxylation is 1. The van der Waals surface area contributed by atoms with Crippen LogP contribution >= 0.6 is 0 Å². The molecule has 17 heavy (non-hydrogen) atoms. The standard InChI is InChI=1S/C14H15N3/c1-17-13-5-7-16-9-12(13)11-3-2-10(4-6-15)8-14(11)17/h2-3,5,7-9H,4,6,15H2,1H3. The highest BCUT2D eigenvalue weighted by Gasteiger charge is 2.07. The molecule has 0 aliphatic carbocycles. The highest BCUT2D eigenvalue weighted by molar-refractivity contribution is 6.07. The first-order chi connectivity index (χ1) is 8.31. The number of nitrogens with zero attached hydrogens (tertiary/aromatic N) is 2. The van der Waals surface area contributed by atoms with Gasteiger partial charge in [-0.25, -0.2) is 0 Å². The zero-order valence-corrected chi connectivity index (χ0v) is 9.85. The minimum absolute atomic E-state index is 0.691.